The van der Waals surface area contributed by atoms with E-state index in [-0.39, 0.29) is 5.63 Å². The topological polar surface area (TPSA) is 55.2 Å². The average molecular weight is 408 g/mol. The average Bonchev–Trinajstić information content (AvgIpc) is 2.79. The van der Waals surface area contributed by atoms with Crippen molar-refractivity contribution in [3.63, 3.8) is 0 Å². The van der Waals surface area contributed by atoms with Crippen molar-refractivity contribution in [2.75, 3.05) is 53.0 Å². The van der Waals surface area contributed by atoms with Crippen LogP contribution >= 0.6 is 0 Å². The zero-order valence-corrected chi connectivity index (χ0v) is 17.6. The van der Waals surface area contributed by atoms with Crippen molar-refractivity contribution in [1.82, 2.24) is 9.80 Å². The van der Waals surface area contributed by atoms with Crippen LogP contribution in [0.5, 0.6) is 11.5 Å². The summed E-state index contributed by atoms with van der Waals surface area (Å²) in [6.07, 6.45) is 0. The normalized spacial score (nSPS) is 15.4. The lowest BCUT2D eigenvalue weighted by Crippen LogP contribution is -2.47. The van der Waals surface area contributed by atoms with E-state index in [1.165, 1.54) is 0 Å². The van der Waals surface area contributed by atoms with E-state index in [9.17, 15) is 4.79 Å². The molecule has 0 amide bonds. The van der Waals surface area contributed by atoms with Crippen LogP contribution in [0.15, 0.2) is 57.7 Å². The Labute approximate surface area is 176 Å². The molecule has 0 spiro atoms. The van der Waals surface area contributed by atoms with Crippen LogP contribution in [-0.2, 0) is 0 Å². The van der Waals surface area contributed by atoms with Crippen molar-refractivity contribution in [3.8, 4) is 22.6 Å². The SMILES string of the molecule is CCN1CCN(CCOc2ccc3cc(-c4ccc(OC)cc4)c(=O)oc3c2)CC1. The molecular weight excluding hydrogens is 380 g/mol. The molecule has 2 aromatic carbocycles. The molecule has 158 valence electrons. The number of rotatable bonds is 7. The molecule has 0 radical (unpaired) electrons. The molecule has 2 heterocycles. The van der Waals surface area contributed by atoms with Crippen LogP contribution in [0.3, 0.4) is 0 Å². The van der Waals surface area contributed by atoms with E-state index in [1.807, 2.05) is 42.5 Å². The Bertz CT molecular complexity index is 1040. The third-order valence-electron chi connectivity index (χ3n) is 5.70. The van der Waals surface area contributed by atoms with Gasteiger partial charge in [0.25, 0.3) is 0 Å². The van der Waals surface area contributed by atoms with Gasteiger partial charge in [0.2, 0.25) is 0 Å². The molecule has 6 heteroatoms. The first-order chi connectivity index (χ1) is 14.7. The lowest BCUT2D eigenvalue weighted by atomic mass is 10.1. The van der Waals surface area contributed by atoms with E-state index >= 15 is 0 Å². The van der Waals surface area contributed by atoms with Crippen LogP contribution in [0.2, 0.25) is 0 Å². The van der Waals surface area contributed by atoms with E-state index in [1.54, 1.807) is 13.2 Å². The fraction of sp³-hybridized carbons (Fsp3) is 0.375. The Kier molecular flexibility index (Phi) is 6.35. The fourth-order valence-electron chi connectivity index (χ4n) is 3.77. The molecular formula is C24H28N2O4. The van der Waals surface area contributed by atoms with Gasteiger partial charge in [0.1, 0.15) is 23.7 Å². The molecule has 1 saturated heterocycles. The third-order valence-corrected chi connectivity index (χ3v) is 5.70. The molecule has 0 N–H and O–H groups in total. The summed E-state index contributed by atoms with van der Waals surface area (Å²) >= 11 is 0. The lowest BCUT2D eigenvalue weighted by molar-refractivity contribution is 0.121. The molecule has 0 aliphatic carbocycles. The molecule has 0 saturated carbocycles. The highest BCUT2D eigenvalue weighted by Gasteiger charge is 2.15. The first-order valence-electron chi connectivity index (χ1n) is 10.5. The summed E-state index contributed by atoms with van der Waals surface area (Å²) in [6, 6.07) is 14.9. The van der Waals surface area contributed by atoms with Crippen LogP contribution in [-0.4, -0.2) is 62.8 Å². The van der Waals surface area contributed by atoms with Gasteiger partial charge in [-0.25, -0.2) is 4.79 Å². The van der Waals surface area contributed by atoms with Gasteiger partial charge < -0.3 is 18.8 Å². The highest BCUT2D eigenvalue weighted by molar-refractivity contribution is 5.82. The summed E-state index contributed by atoms with van der Waals surface area (Å²) in [4.78, 5) is 17.4. The van der Waals surface area contributed by atoms with Crippen molar-refractivity contribution in [2.45, 2.75) is 6.92 Å². The zero-order valence-electron chi connectivity index (χ0n) is 17.6. The molecule has 1 aliphatic heterocycles. The van der Waals surface area contributed by atoms with Crippen LogP contribution in [0, 0.1) is 0 Å². The summed E-state index contributed by atoms with van der Waals surface area (Å²) in [6.45, 7) is 9.24. The van der Waals surface area contributed by atoms with E-state index < -0.39 is 0 Å². The number of piperazine rings is 1. The molecule has 1 fully saturated rings. The Morgan fingerprint density at radius 2 is 1.63 bits per heavy atom. The minimum atomic E-state index is -0.362. The molecule has 1 aliphatic rings. The van der Waals surface area contributed by atoms with E-state index in [0.717, 1.165) is 61.7 Å². The first-order valence-corrected chi connectivity index (χ1v) is 10.5. The minimum absolute atomic E-state index is 0.362. The molecule has 6 nitrogen and oxygen atoms in total. The van der Waals surface area contributed by atoms with Gasteiger partial charge in [0.15, 0.2) is 0 Å². The van der Waals surface area contributed by atoms with Crippen LogP contribution in [0.25, 0.3) is 22.1 Å². The Morgan fingerprint density at radius 3 is 2.33 bits per heavy atom. The van der Waals surface area contributed by atoms with Gasteiger partial charge in [-0.2, -0.15) is 0 Å². The Hall–Kier alpha value is -2.83. The van der Waals surface area contributed by atoms with Gasteiger partial charge in [-0.05, 0) is 42.4 Å². The van der Waals surface area contributed by atoms with Crippen LogP contribution in [0.1, 0.15) is 6.92 Å². The molecule has 3 aromatic rings. The van der Waals surface area contributed by atoms with Crippen molar-refractivity contribution in [1.29, 1.82) is 0 Å². The fourth-order valence-corrected chi connectivity index (χ4v) is 3.77. The predicted molar refractivity (Wildman–Crippen MR) is 119 cm³/mol. The van der Waals surface area contributed by atoms with E-state index in [0.29, 0.717) is 17.8 Å². The van der Waals surface area contributed by atoms with Gasteiger partial charge in [-0.3, -0.25) is 4.90 Å². The monoisotopic (exact) mass is 408 g/mol. The highest BCUT2D eigenvalue weighted by Crippen LogP contribution is 2.25. The van der Waals surface area contributed by atoms with Gasteiger partial charge in [-0.1, -0.05) is 19.1 Å². The summed E-state index contributed by atoms with van der Waals surface area (Å²) in [7, 11) is 1.62. The quantitative estimate of drug-likeness (QED) is 0.558. The molecule has 1 aromatic heterocycles. The van der Waals surface area contributed by atoms with Gasteiger partial charge in [0.05, 0.1) is 12.7 Å². The maximum atomic E-state index is 12.5. The molecule has 30 heavy (non-hydrogen) atoms. The summed E-state index contributed by atoms with van der Waals surface area (Å²) in [5.74, 6) is 1.47. The largest absolute Gasteiger partial charge is 0.497 e. The van der Waals surface area contributed by atoms with Gasteiger partial charge in [0, 0.05) is 44.2 Å². The Morgan fingerprint density at radius 1 is 0.933 bits per heavy atom. The van der Waals surface area contributed by atoms with Crippen molar-refractivity contribution >= 4 is 11.0 Å². The van der Waals surface area contributed by atoms with Crippen molar-refractivity contribution < 1.29 is 13.9 Å². The van der Waals surface area contributed by atoms with Gasteiger partial charge >= 0.3 is 5.63 Å². The second-order valence-electron chi connectivity index (χ2n) is 7.50. The summed E-state index contributed by atoms with van der Waals surface area (Å²) in [5, 5.41) is 0.864. The maximum Gasteiger partial charge on any atom is 0.344 e. The number of hydrogen-bond acceptors (Lipinski definition) is 6. The van der Waals surface area contributed by atoms with Crippen molar-refractivity contribution in [3.05, 3.63) is 59.0 Å². The van der Waals surface area contributed by atoms with Crippen LogP contribution < -0.4 is 15.1 Å². The summed E-state index contributed by atoms with van der Waals surface area (Å²) in [5.41, 5.74) is 1.50. The number of fused-ring (bicyclic) bond motifs is 1. The highest BCUT2D eigenvalue weighted by atomic mass is 16.5. The number of methoxy groups -OCH3 is 1. The number of likely N-dealkylation sites (N-methyl/N-ethyl adjacent to an activating group) is 1. The van der Waals surface area contributed by atoms with Crippen molar-refractivity contribution in [2.24, 2.45) is 0 Å². The molecule has 4 rings (SSSR count). The third kappa shape index (κ3) is 4.66. The number of hydrogen-bond donors (Lipinski definition) is 0. The second-order valence-corrected chi connectivity index (χ2v) is 7.50. The molecule has 0 bridgehead atoms. The van der Waals surface area contributed by atoms with Crippen LogP contribution in [0.4, 0.5) is 0 Å². The van der Waals surface area contributed by atoms with E-state index in [2.05, 4.69) is 16.7 Å². The molecule has 0 atom stereocenters. The maximum absolute atomic E-state index is 12.5. The zero-order chi connectivity index (χ0) is 20.9. The molecule has 0 unspecified atom stereocenters. The number of nitrogens with zero attached hydrogens (tertiary/aromatic N) is 2. The lowest BCUT2D eigenvalue weighted by Gasteiger charge is -2.33. The predicted octanol–water partition coefficient (Wildman–Crippen LogP) is 3.48. The number of ether oxygens (including phenoxy) is 2. The van der Waals surface area contributed by atoms with E-state index in [4.69, 9.17) is 13.9 Å². The number of benzene rings is 2. The first kappa shape index (κ1) is 20.4. The van der Waals surface area contributed by atoms with Gasteiger partial charge in [-0.15, -0.1) is 0 Å². The minimum Gasteiger partial charge on any atom is -0.497 e. The standard InChI is InChI=1S/C24H28N2O4/c1-3-25-10-12-26(13-11-25)14-15-29-21-9-6-19-16-22(24(27)30-23(19)17-21)18-4-7-20(28-2)8-5-18/h4-9,16-17H,3,10-15H2,1-2H3. The second kappa shape index (κ2) is 9.32. The summed E-state index contributed by atoms with van der Waals surface area (Å²) < 4.78 is 16.7. The smallest absolute Gasteiger partial charge is 0.344 e. The Balaban J connectivity index is 1.42.